The number of carbonyl (C=O) groups is 1. The highest BCUT2D eigenvalue weighted by atomic mass is 16.3. The number of nitrogens with zero attached hydrogens (tertiary/aromatic N) is 2. The molecule has 0 saturated carbocycles. The lowest BCUT2D eigenvalue weighted by Gasteiger charge is -2.20. The zero-order chi connectivity index (χ0) is 18.0. The highest BCUT2D eigenvalue weighted by Gasteiger charge is 2.22. The molecule has 5 nitrogen and oxygen atoms in total. The minimum absolute atomic E-state index is 0.0309. The van der Waals surface area contributed by atoms with Crippen LogP contribution in [0.5, 0.6) is 0 Å². The Morgan fingerprint density at radius 2 is 1.96 bits per heavy atom. The Balaban J connectivity index is 1.80. The van der Waals surface area contributed by atoms with E-state index in [0.29, 0.717) is 11.1 Å². The Kier molecular flexibility index (Phi) is 4.70. The highest BCUT2D eigenvalue weighted by Crippen LogP contribution is 2.21. The third-order valence-corrected chi connectivity index (χ3v) is 4.53. The van der Waals surface area contributed by atoms with Crippen LogP contribution in [0.3, 0.4) is 0 Å². The fourth-order valence-corrected chi connectivity index (χ4v) is 2.87. The van der Waals surface area contributed by atoms with Crippen molar-refractivity contribution in [1.82, 2.24) is 9.55 Å². The van der Waals surface area contributed by atoms with E-state index in [1.54, 1.807) is 30.5 Å². The van der Waals surface area contributed by atoms with E-state index in [1.165, 1.54) is 6.92 Å². The predicted molar refractivity (Wildman–Crippen MR) is 96.5 cm³/mol. The van der Waals surface area contributed by atoms with Crippen LogP contribution >= 0.6 is 0 Å². The van der Waals surface area contributed by atoms with E-state index in [-0.39, 0.29) is 18.8 Å². The Labute approximate surface area is 146 Å². The number of rotatable bonds is 6. The molecule has 0 fully saturated rings. The lowest BCUT2D eigenvalue weighted by atomic mass is 9.95. The summed E-state index contributed by atoms with van der Waals surface area (Å²) in [6, 6.07) is 10.7. The zero-order valence-electron chi connectivity index (χ0n) is 14.4. The molecule has 2 aromatic heterocycles. The van der Waals surface area contributed by atoms with Crippen molar-refractivity contribution in [2.24, 2.45) is 0 Å². The maximum Gasteiger partial charge on any atom is 0.168 e. The normalized spacial score (nSPS) is 13.8. The number of aromatic nitrogens is 2. The summed E-state index contributed by atoms with van der Waals surface area (Å²) < 4.78 is 2.12. The van der Waals surface area contributed by atoms with Crippen LogP contribution in [-0.2, 0) is 18.6 Å². The van der Waals surface area contributed by atoms with Gasteiger partial charge in [0.25, 0.3) is 0 Å². The van der Waals surface area contributed by atoms with Crippen LogP contribution in [-0.4, -0.2) is 32.2 Å². The van der Waals surface area contributed by atoms with Crippen LogP contribution in [0.15, 0.2) is 48.8 Å². The number of aryl methyl sites for hydroxylation is 1. The minimum atomic E-state index is -1.31. The summed E-state index contributed by atoms with van der Waals surface area (Å²) in [5, 5.41) is 20.3. The van der Waals surface area contributed by atoms with E-state index in [4.69, 9.17) is 0 Å². The fourth-order valence-electron chi connectivity index (χ4n) is 2.87. The molecule has 0 unspecified atom stereocenters. The third-order valence-electron chi connectivity index (χ3n) is 4.53. The molecule has 0 amide bonds. The second-order valence-corrected chi connectivity index (χ2v) is 6.45. The summed E-state index contributed by atoms with van der Waals surface area (Å²) in [4.78, 5) is 16.9. The van der Waals surface area contributed by atoms with E-state index in [0.717, 1.165) is 23.1 Å². The first-order valence-corrected chi connectivity index (χ1v) is 8.35. The molecular formula is C20H22N2O3. The monoisotopic (exact) mass is 338 g/mol. The van der Waals surface area contributed by atoms with Gasteiger partial charge in [0.2, 0.25) is 0 Å². The SMILES string of the molecule is CCn1ccc2cnc(CC(=O)c3ccc([C@@](C)(O)CO)cc3)cc21. The Bertz CT molecular complexity index is 895. The summed E-state index contributed by atoms with van der Waals surface area (Å²) >= 11 is 0. The lowest BCUT2D eigenvalue weighted by Crippen LogP contribution is -2.25. The van der Waals surface area contributed by atoms with Crippen molar-refractivity contribution >= 4 is 16.7 Å². The van der Waals surface area contributed by atoms with Gasteiger partial charge in [-0.15, -0.1) is 0 Å². The van der Waals surface area contributed by atoms with Crippen molar-refractivity contribution in [3.8, 4) is 0 Å². The van der Waals surface area contributed by atoms with Crippen molar-refractivity contribution in [3.63, 3.8) is 0 Å². The van der Waals surface area contributed by atoms with Crippen LogP contribution in [0.2, 0.25) is 0 Å². The van der Waals surface area contributed by atoms with E-state index < -0.39 is 5.60 Å². The predicted octanol–water partition coefficient (Wildman–Crippen LogP) is 2.68. The summed E-state index contributed by atoms with van der Waals surface area (Å²) in [6.45, 7) is 4.10. The largest absolute Gasteiger partial charge is 0.393 e. The molecule has 1 atom stereocenters. The molecule has 0 saturated heterocycles. The summed E-state index contributed by atoms with van der Waals surface area (Å²) in [5.41, 5.74) is 1.64. The molecule has 0 aliphatic heterocycles. The molecule has 0 bridgehead atoms. The van der Waals surface area contributed by atoms with E-state index in [1.807, 2.05) is 18.3 Å². The molecule has 3 rings (SSSR count). The van der Waals surface area contributed by atoms with Gasteiger partial charge in [0.15, 0.2) is 5.78 Å². The number of hydrogen-bond acceptors (Lipinski definition) is 4. The van der Waals surface area contributed by atoms with Gasteiger partial charge in [0, 0.05) is 29.9 Å². The molecule has 3 aromatic rings. The molecule has 25 heavy (non-hydrogen) atoms. The molecular weight excluding hydrogens is 316 g/mol. The zero-order valence-corrected chi connectivity index (χ0v) is 14.4. The molecule has 2 heterocycles. The Morgan fingerprint density at radius 3 is 2.60 bits per heavy atom. The van der Waals surface area contributed by atoms with Crippen LogP contribution in [0, 0.1) is 0 Å². The molecule has 0 spiro atoms. The van der Waals surface area contributed by atoms with Gasteiger partial charge >= 0.3 is 0 Å². The van der Waals surface area contributed by atoms with Gasteiger partial charge in [0.1, 0.15) is 5.60 Å². The fraction of sp³-hybridized carbons (Fsp3) is 0.300. The van der Waals surface area contributed by atoms with Gasteiger partial charge in [0.05, 0.1) is 24.2 Å². The van der Waals surface area contributed by atoms with E-state index in [9.17, 15) is 15.0 Å². The second-order valence-electron chi connectivity index (χ2n) is 6.45. The molecule has 0 radical (unpaired) electrons. The first-order valence-electron chi connectivity index (χ1n) is 8.35. The quantitative estimate of drug-likeness (QED) is 0.678. The number of carbonyl (C=O) groups excluding carboxylic acids is 1. The van der Waals surface area contributed by atoms with Crippen LogP contribution in [0.25, 0.3) is 10.9 Å². The molecule has 0 aliphatic rings. The van der Waals surface area contributed by atoms with Crippen molar-refractivity contribution in [2.45, 2.75) is 32.4 Å². The first-order chi connectivity index (χ1) is 11.9. The number of Topliss-reactive ketones (excluding diaryl/α,β-unsaturated/α-hetero) is 1. The maximum atomic E-state index is 12.5. The summed E-state index contributed by atoms with van der Waals surface area (Å²) in [6.07, 6.45) is 4.04. The lowest BCUT2D eigenvalue weighted by molar-refractivity contribution is -0.00229. The molecule has 5 heteroatoms. The van der Waals surface area contributed by atoms with Crippen LogP contribution in [0.1, 0.15) is 35.5 Å². The van der Waals surface area contributed by atoms with Gasteiger partial charge < -0.3 is 14.8 Å². The van der Waals surface area contributed by atoms with Gasteiger partial charge in [-0.25, -0.2) is 0 Å². The van der Waals surface area contributed by atoms with Gasteiger partial charge in [-0.1, -0.05) is 24.3 Å². The van der Waals surface area contributed by atoms with Crippen LogP contribution < -0.4 is 0 Å². The smallest absolute Gasteiger partial charge is 0.168 e. The van der Waals surface area contributed by atoms with Gasteiger partial charge in [-0.2, -0.15) is 0 Å². The average Bonchev–Trinajstić information content (AvgIpc) is 3.04. The number of fused-ring (bicyclic) bond motifs is 1. The minimum Gasteiger partial charge on any atom is -0.393 e. The Hall–Kier alpha value is -2.50. The van der Waals surface area contributed by atoms with Crippen molar-refractivity contribution in [2.75, 3.05) is 6.61 Å². The topological polar surface area (TPSA) is 75.4 Å². The van der Waals surface area contributed by atoms with E-state index >= 15 is 0 Å². The number of ketones is 1. The number of aliphatic hydroxyl groups is 2. The van der Waals surface area contributed by atoms with Crippen molar-refractivity contribution in [1.29, 1.82) is 0 Å². The molecule has 2 N–H and O–H groups in total. The standard InChI is InChI=1S/C20H22N2O3/c1-3-22-9-8-15-12-21-17(10-18(15)22)11-19(24)14-4-6-16(7-5-14)20(2,25)13-23/h4-10,12,23,25H,3,11,13H2,1-2H3/t20-/m0/s1. The van der Waals surface area contributed by atoms with Crippen LogP contribution in [0.4, 0.5) is 0 Å². The maximum absolute atomic E-state index is 12.5. The summed E-state index contributed by atoms with van der Waals surface area (Å²) in [5.74, 6) is -0.0309. The van der Waals surface area contributed by atoms with Crippen molar-refractivity contribution < 1.29 is 15.0 Å². The van der Waals surface area contributed by atoms with Gasteiger partial charge in [-0.05, 0) is 31.5 Å². The first kappa shape index (κ1) is 17.3. The Morgan fingerprint density at radius 1 is 1.24 bits per heavy atom. The number of pyridine rings is 1. The molecule has 1 aromatic carbocycles. The molecule has 0 aliphatic carbocycles. The highest BCUT2D eigenvalue weighted by molar-refractivity contribution is 5.97. The number of aliphatic hydroxyl groups excluding tert-OH is 1. The molecule has 130 valence electrons. The van der Waals surface area contributed by atoms with Crippen molar-refractivity contribution in [3.05, 3.63) is 65.6 Å². The van der Waals surface area contributed by atoms with E-state index in [2.05, 4.69) is 16.5 Å². The number of hydrogen-bond donors (Lipinski definition) is 2. The third kappa shape index (κ3) is 3.48. The average molecular weight is 338 g/mol. The van der Waals surface area contributed by atoms with Gasteiger partial charge in [-0.3, -0.25) is 9.78 Å². The second kappa shape index (κ2) is 6.78. The number of benzene rings is 1. The summed E-state index contributed by atoms with van der Waals surface area (Å²) in [7, 11) is 0.